The van der Waals surface area contributed by atoms with Gasteiger partial charge in [0.2, 0.25) is 0 Å². The number of carbonyl (C=O) groups is 1. The van der Waals surface area contributed by atoms with E-state index in [1.165, 1.54) is 16.7 Å². The molecule has 0 radical (unpaired) electrons. The molecule has 5 rings (SSSR count). The molecule has 9 heteroatoms. The Morgan fingerprint density at radius 1 is 0.970 bits per heavy atom. The molecule has 6 nitrogen and oxygen atoms in total. The zero-order valence-corrected chi connectivity index (χ0v) is 17.4. The van der Waals surface area contributed by atoms with Crippen LogP contribution in [0, 0.1) is 0 Å². The second kappa shape index (κ2) is 8.23. The van der Waals surface area contributed by atoms with E-state index in [9.17, 15) is 18.0 Å². The minimum Gasteiger partial charge on any atom is -0.457 e. The number of alkyl halides is 3. The predicted octanol–water partition coefficient (Wildman–Crippen LogP) is 5.52. The Balaban J connectivity index is 1.49. The molecule has 168 valence electrons. The second-order valence-corrected chi connectivity index (χ2v) is 7.74. The maximum Gasteiger partial charge on any atom is 0.420 e. The minimum atomic E-state index is -4.55. The summed E-state index contributed by atoms with van der Waals surface area (Å²) in [5.74, 6) is 1.04. The molecule has 3 heterocycles. The Hall–Kier alpha value is -3.88. The summed E-state index contributed by atoms with van der Waals surface area (Å²) in [5.41, 5.74) is -0.758. The summed E-state index contributed by atoms with van der Waals surface area (Å²) in [5, 5.41) is 7.86. The number of halogens is 3. The van der Waals surface area contributed by atoms with Crippen LogP contribution in [0.3, 0.4) is 0 Å². The van der Waals surface area contributed by atoms with Gasteiger partial charge in [-0.05, 0) is 49.2 Å². The van der Waals surface area contributed by atoms with Gasteiger partial charge in [-0.3, -0.25) is 9.20 Å². The van der Waals surface area contributed by atoms with Crippen molar-refractivity contribution >= 4 is 11.6 Å². The van der Waals surface area contributed by atoms with Gasteiger partial charge >= 0.3 is 6.18 Å². The van der Waals surface area contributed by atoms with E-state index in [0.29, 0.717) is 42.3 Å². The van der Waals surface area contributed by atoms with Crippen molar-refractivity contribution in [2.75, 3.05) is 6.54 Å². The molecule has 0 bridgehead atoms. The first-order chi connectivity index (χ1) is 15.9. The highest BCUT2D eigenvalue weighted by atomic mass is 19.4. The third kappa shape index (κ3) is 3.90. The SMILES string of the molecule is O=C(c1ccccc1Oc1ccccc1)N1CCCC1c1nnc2c(C(F)(F)F)cccn12. The quantitative estimate of drug-likeness (QED) is 0.409. The number of carbonyl (C=O) groups excluding carboxylic acids is 1. The van der Waals surface area contributed by atoms with E-state index in [4.69, 9.17) is 4.74 Å². The normalized spacial score (nSPS) is 16.3. The Kier molecular flexibility index (Phi) is 5.24. The first-order valence-electron chi connectivity index (χ1n) is 10.5. The van der Waals surface area contributed by atoms with Gasteiger partial charge in [-0.25, -0.2) is 0 Å². The number of fused-ring (bicyclic) bond motifs is 1. The van der Waals surface area contributed by atoms with Gasteiger partial charge in [-0.2, -0.15) is 13.2 Å². The van der Waals surface area contributed by atoms with Crippen molar-refractivity contribution in [3.8, 4) is 11.5 Å². The van der Waals surface area contributed by atoms with Gasteiger partial charge in [-0.1, -0.05) is 30.3 Å². The lowest BCUT2D eigenvalue weighted by molar-refractivity contribution is -0.136. The summed E-state index contributed by atoms with van der Waals surface area (Å²) in [6.07, 6.45) is -1.78. The first kappa shape index (κ1) is 21.0. The Bertz CT molecular complexity index is 1300. The van der Waals surface area contributed by atoms with Crippen LogP contribution in [0.1, 0.15) is 40.6 Å². The number of benzene rings is 2. The van der Waals surface area contributed by atoms with Crippen molar-refractivity contribution in [1.29, 1.82) is 0 Å². The molecule has 0 saturated carbocycles. The zero-order valence-electron chi connectivity index (χ0n) is 17.4. The summed E-state index contributed by atoms with van der Waals surface area (Å²) < 4.78 is 47.4. The van der Waals surface area contributed by atoms with Crippen molar-refractivity contribution in [3.05, 3.63) is 89.9 Å². The van der Waals surface area contributed by atoms with Crippen LogP contribution in [-0.2, 0) is 6.18 Å². The van der Waals surface area contributed by atoms with Gasteiger partial charge < -0.3 is 9.64 Å². The lowest BCUT2D eigenvalue weighted by Crippen LogP contribution is -2.31. The fraction of sp³-hybridized carbons (Fsp3) is 0.208. The van der Waals surface area contributed by atoms with Crippen LogP contribution in [0.5, 0.6) is 11.5 Å². The molecule has 1 atom stereocenters. The number of amides is 1. The molecule has 1 fully saturated rings. The zero-order chi connectivity index (χ0) is 23.0. The fourth-order valence-corrected chi connectivity index (χ4v) is 4.16. The van der Waals surface area contributed by atoms with E-state index in [2.05, 4.69) is 10.2 Å². The Morgan fingerprint density at radius 3 is 2.52 bits per heavy atom. The molecular weight excluding hydrogens is 433 g/mol. The smallest absolute Gasteiger partial charge is 0.420 e. The molecule has 1 aliphatic heterocycles. The lowest BCUT2D eigenvalue weighted by atomic mass is 10.1. The van der Waals surface area contributed by atoms with Crippen LogP contribution < -0.4 is 4.74 Å². The Morgan fingerprint density at radius 2 is 1.73 bits per heavy atom. The van der Waals surface area contributed by atoms with E-state index in [1.807, 2.05) is 18.2 Å². The molecule has 1 unspecified atom stereocenters. The molecule has 2 aromatic heterocycles. The highest BCUT2D eigenvalue weighted by molar-refractivity contribution is 5.97. The van der Waals surface area contributed by atoms with E-state index < -0.39 is 17.8 Å². The number of hydrogen-bond acceptors (Lipinski definition) is 4. The van der Waals surface area contributed by atoms with Crippen molar-refractivity contribution in [2.24, 2.45) is 0 Å². The van der Waals surface area contributed by atoms with Crippen LogP contribution in [-0.4, -0.2) is 31.9 Å². The lowest BCUT2D eigenvalue weighted by Gasteiger charge is -2.24. The maximum atomic E-state index is 13.5. The van der Waals surface area contributed by atoms with Gasteiger partial charge in [0.15, 0.2) is 11.5 Å². The van der Waals surface area contributed by atoms with E-state index in [-0.39, 0.29) is 11.6 Å². The van der Waals surface area contributed by atoms with Crippen LogP contribution >= 0.6 is 0 Å². The predicted molar refractivity (Wildman–Crippen MR) is 114 cm³/mol. The average molecular weight is 452 g/mol. The number of likely N-dealkylation sites (tertiary alicyclic amines) is 1. The number of rotatable bonds is 4. The van der Waals surface area contributed by atoms with Crippen molar-refractivity contribution < 1.29 is 22.7 Å². The van der Waals surface area contributed by atoms with Crippen molar-refractivity contribution in [3.63, 3.8) is 0 Å². The molecule has 1 saturated heterocycles. The van der Waals surface area contributed by atoms with E-state index in [0.717, 1.165) is 6.07 Å². The summed E-state index contributed by atoms with van der Waals surface area (Å²) >= 11 is 0. The largest absolute Gasteiger partial charge is 0.457 e. The van der Waals surface area contributed by atoms with Crippen molar-refractivity contribution in [2.45, 2.75) is 25.1 Å². The highest BCUT2D eigenvalue weighted by Crippen LogP contribution is 2.37. The molecule has 33 heavy (non-hydrogen) atoms. The molecule has 1 aliphatic rings. The standard InChI is InChI=1S/C24H19F3N4O2/c25-24(26,27)18-11-6-15-31-21(18)28-29-22(31)19-12-7-14-30(19)23(32)17-10-4-5-13-20(17)33-16-8-2-1-3-9-16/h1-6,8-11,13,15,19H,7,12,14H2. The van der Waals surface area contributed by atoms with Gasteiger partial charge in [-0.15, -0.1) is 10.2 Å². The highest BCUT2D eigenvalue weighted by Gasteiger charge is 2.38. The number of pyridine rings is 1. The third-order valence-corrected chi connectivity index (χ3v) is 5.67. The second-order valence-electron chi connectivity index (χ2n) is 7.74. The molecule has 0 spiro atoms. The van der Waals surface area contributed by atoms with Gasteiger partial charge in [0.25, 0.3) is 5.91 Å². The number of ether oxygens (including phenoxy) is 1. The van der Waals surface area contributed by atoms with Gasteiger partial charge in [0.05, 0.1) is 11.6 Å². The molecule has 4 aromatic rings. The monoisotopic (exact) mass is 452 g/mol. The Labute approximate surface area is 187 Å². The molecule has 0 aliphatic carbocycles. The van der Waals surface area contributed by atoms with Crippen molar-refractivity contribution in [1.82, 2.24) is 19.5 Å². The van der Waals surface area contributed by atoms with Crippen LogP contribution in [0.2, 0.25) is 0 Å². The molecule has 0 N–H and O–H groups in total. The number of nitrogens with zero attached hydrogens (tertiary/aromatic N) is 4. The van der Waals surface area contributed by atoms with Gasteiger partial charge in [0.1, 0.15) is 17.1 Å². The van der Waals surface area contributed by atoms with Crippen LogP contribution in [0.15, 0.2) is 72.9 Å². The average Bonchev–Trinajstić information content (AvgIpc) is 3.46. The number of aromatic nitrogens is 3. The molecule has 2 aromatic carbocycles. The van der Waals surface area contributed by atoms with Gasteiger partial charge in [0, 0.05) is 12.7 Å². The molecular formula is C24H19F3N4O2. The number of para-hydroxylation sites is 2. The van der Waals surface area contributed by atoms with E-state index >= 15 is 0 Å². The minimum absolute atomic E-state index is 0.271. The summed E-state index contributed by atoms with van der Waals surface area (Å²) in [7, 11) is 0. The number of hydrogen-bond donors (Lipinski definition) is 0. The topological polar surface area (TPSA) is 59.7 Å². The van der Waals surface area contributed by atoms with Crippen LogP contribution in [0.4, 0.5) is 13.2 Å². The summed E-state index contributed by atoms with van der Waals surface area (Å²) in [6.45, 7) is 0.455. The van der Waals surface area contributed by atoms with Crippen LogP contribution in [0.25, 0.3) is 5.65 Å². The summed E-state index contributed by atoms with van der Waals surface area (Å²) in [6, 6.07) is 17.8. The first-order valence-corrected chi connectivity index (χ1v) is 10.5. The fourth-order valence-electron chi connectivity index (χ4n) is 4.16. The third-order valence-electron chi connectivity index (χ3n) is 5.67. The van der Waals surface area contributed by atoms with E-state index in [1.54, 1.807) is 41.3 Å². The summed E-state index contributed by atoms with van der Waals surface area (Å²) in [4.78, 5) is 15.2. The maximum absolute atomic E-state index is 13.5. The molecule has 1 amide bonds.